The van der Waals surface area contributed by atoms with Crippen molar-refractivity contribution in [2.45, 2.75) is 41.0 Å². The highest BCUT2D eigenvalue weighted by atomic mass is 32.1. The number of nitrogens with one attached hydrogen (secondary N) is 1. The molecule has 1 aromatic heterocycles. The molecule has 0 unspecified atom stereocenters. The summed E-state index contributed by atoms with van der Waals surface area (Å²) in [6, 6.07) is 10.2. The first-order valence-electron chi connectivity index (χ1n) is 9.06. The van der Waals surface area contributed by atoms with Gasteiger partial charge in [0.2, 0.25) is 5.78 Å². The molecule has 3 rings (SSSR count). The van der Waals surface area contributed by atoms with Crippen molar-refractivity contribution in [2.75, 3.05) is 11.1 Å². The molecule has 0 spiro atoms. The van der Waals surface area contributed by atoms with Gasteiger partial charge in [0.05, 0.1) is 0 Å². The summed E-state index contributed by atoms with van der Waals surface area (Å²) in [5, 5.41) is 4.01. The first kappa shape index (κ1) is 19.1. The molecule has 2 aromatic carbocycles. The van der Waals surface area contributed by atoms with Crippen molar-refractivity contribution < 1.29 is 4.79 Å². The number of carbonyl (C=O) groups excluding carboxylic acids is 1. The number of ketones is 1. The summed E-state index contributed by atoms with van der Waals surface area (Å²) in [6.45, 7) is 10.2. The largest absolute Gasteiger partial charge is 0.382 e. The number of aryl methyl sites for hydroxylation is 5. The lowest BCUT2D eigenvalue weighted by Crippen LogP contribution is -2.05. The predicted octanol–water partition coefficient (Wildman–Crippen LogP) is 5.50. The maximum atomic E-state index is 13.1. The summed E-state index contributed by atoms with van der Waals surface area (Å²) in [7, 11) is 0. The molecule has 3 aromatic rings. The van der Waals surface area contributed by atoms with Gasteiger partial charge in [-0.15, -0.1) is 0 Å². The number of nitrogen functional groups attached to an aromatic ring is 1. The van der Waals surface area contributed by atoms with E-state index in [0.29, 0.717) is 15.6 Å². The third-order valence-corrected chi connectivity index (χ3v) is 5.90. The third kappa shape index (κ3) is 3.74. The van der Waals surface area contributed by atoms with Gasteiger partial charge >= 0.3 is 0 Å². The van der Waals surface area contributed by atoms with Gasteiger partial charge in [-0.2, -0.15) is 0 Å². The Labute approximate surface area is 164 Å². The van der Waals surface area contributed by atoms with Crippen LogP contribution < -0.4 is 11.1 Å². The lowest BCUT2D eigenvalue weighted by Gasteiger charge is -2.11. The number of benzene rings is 2. The van der Waals surface area contributed by atoms with E-state index in [2.05, 4.69) is 36.3 Å². The molecule has 3 N–H and O–H groups in total. The summed E-state index contributed by atoms with van der Waals surface area (Å²) < 4.78 is 0. The minimum absolute atomic E-state index is 0.0702. The highest BCUT2D eigenvalue weighted by Gasteiger charge is 2.20. The van der Waals surface area contributed by atoms with Crippen LogP contribution in [0.1, 0.15) is 50.0 Å². The molecule has 0 aliphatic heterocycles. The maximum absolute atomic E-state index is 13.1. The molecule has 0 saturated heterocycles. The molecule has 0 saturated carbocycles. The van der Waals surface area contributed by atoms with Crippen LogP contribution in [0.5, 0.6) is 0 Å². The van der Waals surface area contributed by atoms with E-state index in [1.165, 1.54) is 22.5 Å². The predicted molar refractivity (Wildman–Crippen MR) is 114 cm³/mol. The molecule has 0 atom stereocenters. The fraction of sp³-hybridized carbons (Fsp3) is 0.273. The molecule has 0 radical (unpaired) electrons. The van der Waals surface area contributed by atoms with Crippen molar-refractivity contribution in [3.05, 3.63) is 68.6 Å². The molecule has 0 amide bonds. The van der Waals surface area contributed by atoms with Crippen molar-refractivity contribution in [1.82, 2.24) is 4.98 Å². The molecule has 27 heavy (non-hydrogen) atoms. The number of aromatic nitrogens is 1. The summed E-state index contributed by atoms with van der Waals surface area (Å²) in [5.41, 5.74) is 13.4. The molecule has 0 bridgehead atoms. The molecule has 0 fully saturated rings. The Kier molecular flexibility index (Phi) is 5.33. The van der Waals surface area contributed by atoms with Gasteiger partial charge in [-0.3, -0.25) is 4.79 Å². The number of anilines is 3. The summed E-state index contributed by atoms with van der Waals surface area (Å²) >= 11 is 1.31. The van der Waals surface area contributed by atoms with E-state index in [-0.39, 0.29) is 11.6 Å². The van der Waals surface area contributed by atoms with Crippen LogP contribution in [-0.2, 0) is 6.42 Å². The highest BCUT2D eigenvalue weighted by Crippen LogP contribution is 2.33. The highest BCUT2D eigenvalue weighted by molar-refractivity contribution is 7.18. The van der Waals surface area contributed by atoms with Crippen LogP contribution in [0, 0.1) is 27.7 Å². The number of hydrogen-bond donors (Lipinski definition) is 2. The van der Waals surface area contributed by atoms with Crippen LogP contribution in [-0.4, -0.2) is 10.8 Å². The van der Waals surface area contributed by atoms with Gasteiger partial charge in [-0.1, -0.05) is 42.5 Å². The fourth-order valence-corrected chi connectivity index (χ4v) is 4.03. The standard InChI is InChI=1S/C22H25N3OS/c1-6-16-9-7-8-12(2)18(16)24-22-25-21(23)20(27-22)19(26)17-11-14(4)13(3)10-15(17)5/h7-11H,6,23H2,1-5H3,(H,24,25). The van der Waals surface area contributed by atoms with Gasteiger partial charge in [0, 0.05) is 11.3 Å². The third-order valence-electron chi connectivity index (χ3n) is 4.92. The van der Waals surface area contributed by atoms with Crippen molar-refractivity contribution in [1.29, 1.82) is 0 Å². The number of nitrogens with two attached hydrogens (primary N) is 1. The Balaban J connectivity index is 1.96. The number of nitrogens with zero attached hydrogens (tertiary/aromatic N) is 1. The summed E-state index contributed by atoms with van der Waals surface area (Å²) in [4.78, 5) is 18.0. The van der Waals surface area contributed by atoms with Crippen molar-refractivity contribution >= 4 is 33.8 Å². The Morgan fingerprint density at radius 3 is 2.48 bits per heavy atom. The minimum Gasteiger partial charge on any atom is -0.382 e. The van der Waals surface area contributed by atoms with Crippen LogP contribution in [0.2, 0.25) is 0 Å². The second-order valence-corrected chi connectivity index (χ2v) is 7.90. The Morgan fingerprint density at radius 2 is 1.78 bits per heavy atom. The zero-order chi connectivity index (χ0) is 19.7. The van der Waals surface area contributed by atoms with Gasteiger partial charge in [0.1, 0.15) is 10.7 Å². The smallest absolute Gasteiger partial charge is 0.207 e. The molecular weight excluding hydrogens is 354 g/mol. The van der Waals surface area contributed by atoms with Crippen LogP contribution in [0.4, 0.5) is 16.6 Å². The van der Waals surface area contributed by atoms with E-state index >= 15 is 0 Å². The van der Waals surface area contributed by atoms with Crippen molar-refractivity contribution in [3.8, 4) is 0 Å². The zero-order valence-corrected chi connectivity index (χ0v) is 17.3. The normalized spacial score (nSPS) is 10.9. The number of para-hydroxylation sites is 1. The van der Waals surface area contributed by atoms with E-state index in [1.54, 1.807) is 0 Å². The zero-order valence-electron chi connectivity index (χ0n) is 16.4. The average molecular weight is 380 g/mol. The Morgan fingerprint density at radius 1 is 1.07 bits per heavy atom. The van der Waals surface area contributed by atoms with Crippen molar-refractivity contribution in [3.63, 3.8) is 0 Å². The SMILES string of the molecule is CCc1cccc(C)c1Nc1nc(N)c(C(=O)c2cc(C)c(C)cc2C)s1. The first-order valence-corrected chi connectivity index (χ1v) is 9.87. The molecular formula is C22H25N3OS. The fourth-order valence-electron chi connectivity index (χ4n) is 3.18. The number of rotatable bonds is 5. The molecule has 4 nitrogen and oxygen atoms in total. The average Bonchev–Trinajstić information content (AvgIpc) is 2.99. The number of carbonyl (C=O) groups is 1. The van der Waals surface area contributed by atoms with Crippen LogP contribution in [0.15, 0.2) is 30.3 Å². The second kappa shape index (κ2) is 7.53. The second-order valence-electron chi connectivity index (χ2n) is 6.90. The minimum atomic E-state index is -0.0702. The van der Waals surface area contributed by atoms with Gasteiger partial charge < -0.3 is 11.1 Å². The summed E-state index contributed by atoms with van der Waals surface area (Å²) in [5.74, 6) is 0.205. The van der Waals surface area contributed by atoms with Crippen LogP contribution >= 0.6 is 11.3 Å². The number of thiazole rings is 1. The molecule has 1 heterocycles. The molecule has 0 aliphatic carbocycles. The topological polar surface area (TPSA) is 68.0 Å². The van der Waals surface area contributed by atoms with E-state index in [0.717, 1.165) is 28.8 Å². The first-order chi connectivity index (χ1) is 12.8. The lowest BCUT2D eigenvalue weighted by molar-refractivity contribution is 0.104. The van der Waals surface area contributed by atoms with E-state index in [1.807, 2.05) is 39.0 Å². The monoisotopic (exact) mass is 379 g/mol. The lowest BCUT2D eigenvalue weighted by atomic mass is 9.97. The molecule has 5 heteroatoms. The van der Waals surface area contributed by atoms with E-state index in [9.17, 15) is 4.79 Å². The summed E-state index contributed by atoms with van der Waals surface area (Å²) in [6.07, 6.45) is 0.915. The molecule has 140 valence electrons. The van der Waals surface area contributed by atoms with Crippen LogP contribution in [0.25, 0.3) is 0 Å². The Hall–Kier alpha value is -2.66. The van der Waals surface area contributed by atoms with Gasteiger partial charge in [0.25, 0.3) is 0 Å². The quantitative estimate of drug-likeness (QED) is 0.575. The number of hydrogen-bond acceptors (Lipinski definition) is 5. The van der Waals surface area contributed by atoms with Crippen LogP contribution in [0.3, 0.4) is 0 Å². The van der Waals surface area contributed by atoms with E-state index < -0.39 is 0 Å². The van der Waals surface area contributed by atoms with Gasteiger partial charge in [-0.05, 0) is 68.0 Å². The van der Waals surface area contributed by atoms with E-state index in [4.69, 9.17) is 5.73 Å². The Bertz CT molecular complexity index is 1020. The van der Waals surface area contributed by atoms with Gasteiger partial charge in [-0.25, -0.2) is 4.98 Å². The van der Waals surface area contributed by atoms with Crippen molar-refractivity contribution in [2.24, 2.45) is 0 Å². The molecule has 0 aliphatic rings. The van der Waals surface area contributed by atoms with Gasteiger partial charge in [0.15, 0.2) is 5.13 Å². The maximum Gasteiger partial charge on any atom is 0.207 e.